The first-order chi connectivity index (χ1) is 19.5. The summed E-state index contributed by atoms with van der Waals surface area (Å²) in [5.74, 6) is 0. The number of carbonyl (C=O) groups is 2. The topological polar surface area (TPSA) is 111 Å². The van der Waals surface area contributed by atoms with Crippen LogP contribution in [0.1, 0.15) is 24.0 Å². The van der Waals surface area contributed by atoms with Crippen LogP contribution in [0.5, 0.6) is 0 Å². The standard InChI is InChI=1S/C28H28F3N5O4S/c29-28(30,31)20-7-3-8-21(16-20)32-26(37)33-22-9-4-10-23(17-22)34-27(38)35-14-5-11-24(18-35)41(39,40)36-15-13-19-6-1-2-12-25(19)36/h1-4,6-10,12,16-17,24H,5,11,13-15,18H2,(H,34,38)(H2,32,33,37). The lowest BCUT2D eigenvalue weighted by Gasteiger charge is -2.35. The zero-order valence-corrected chi connectivity index (χ0v) is 22.6. The molecule has 1 fully saturated rings. The molecule has 3 N–H and O–H groups in total. The Morgan fingerprint density at radius 3 is 2.22 bits per heavy atom. The molecule has 3 aromatic carbocycles. The lowest BCUT2D eigenvalue weighted by molar-refractivity contribution is -0.137. The van der Waals surface area contributed by atoms with E-state index in [1.54, 1.807) is 24.3 Å². The number of hydrogen-bond acceptors (Lipinski definition) is 4. The molecule has 2 aliphatic heterocycles. The average molecular weight is 588 g/mol. The van der Waals surface area contributed by atoms with Gasteiger partial charge >= 0.3 is 18.2 Å². The lowest BCUT2D eigenvalue weighted by Crippen LogP contribution is -2.50. The fourth-order valence-electron chi connectivity index (χ4n) is 5.06. The third-order valence-electron chi connectivity index (χ3n) is 7.06. The molecule has 0 aliphatic carbocycles. The van der Waals surface area contributed by atoms with Crippen LogP contribution in [-0.2, 0) is 22.6 Å². The van der Waals surface area contributed by atoms with E-state index in [-0.39, 0.29) is 12.2 Å². The molecule has 2 aliphatic rings. The second kappa shape index (κ2) is 11.3. The van der Waals surface area contributed by atoms with E-state index in [9.17, 15) is 31.2 Å². The number of anilines is 4. The van der Waals surface area contributed by atoms with Crippen molar-refractivity contribution < 1.29 is 31.2 Å². The van der Waals surface area contributed by atoms with Crippen LogP contribution < -0.4 is 20.3 Å². The van der Waals surface area contributed by atoms with E-state index in [1.165, 1.54) is 27.4 Å². The van der Waals surface area contributed by atoms with Gasteiger partial charge in [0.05, 0.1) is 16.5 Å². The molecule has 0 spiro atoms. The number of hydrogen-bond donors (Lipinski definition) is 3. The maximum absolute atomic E-state index is 13.5. The largest absolute Gasteiger partial charge is 0.416 e. The van der Waals surface area contributed by atoms with Crippen LogP contribution in [0.15, 0.2) is 72.8 Å². The normalized spacial score (nSPS) is 17.1. The van der Waals surface area contributed by atoms with Gasteiger partial charge in [-0.3, -0.25) is 4.31 Å². The molecule has 41 heavy (non-hydrogen) atoms. The predicted molar refractivity (Wildman–Crippen MR) is 151 cm³/mol. The Labute approximate surface area is 235 Å². The van der Waals surface area contributed by atoms with Gasteiger partial charge in [-0.15, -0.1) is 0 Å². The molecule has 4 amide bonds. The Morgan fingerprint density at radius 2 is 1.49 bits per heavy atom. The van der Waals surface area contributed by atoms with Gasteiger partial charge in [0.15, 0.2) is 0 Å². The number of piperidine rings is 1. The Balaban J connectivity index is 1.20. The van der Waals surface area contributed by atoms with Crippen LogP contribution in [0.4, 0.5) is 45.5 Å². The van der Waals surface area contributed by atoms with Crippen molar-refractivity contribution in [2.45, 2.75) is 30.7 Å². The first kappa shape index (κ1) is 28.3. The number of para-hydroxylation sites is 1. The van der Waals surface area contributed by atoms with Crippen LogP contribution in [0.25, 0.3) is 0 Å². The number of halogens is 3. The highest BCUT2D eigenvalue weighted by Gasteiger charge is 2.39. The first-order valence-electron chi connectivity index (χ1n) is 13.0. The van der Waals surface area contributed by atoms with Gasteiger partial charge < -0.3 is 20.9 Å². The van der Waals surface area contributed by atoms with Gasteiger partial charge in [-0.1, -0.05) is 30.3 Å². The van der Waals surface area contributed by atoms with Crippen molar-refractivity contribution in [3.63, 3.8) is 0 Å². The minimum atomic E-state index is -4.54. The van der Waals surface area contributed by atoms with Gasteiger partial charge in [0, 0.05) is 36.7 Å². The van der Waals surface area contributed by atoms with E-state index in [4.69, 9.17) is 0 Å². The van der Waals surface area contributed by atoms with E-state index in [2.05, 4.69) is 16.0 Å². The number of rotatable bonds is 5. The summed E-state index contributed by atoms with van der Waals surface area (Å²) in [6, 6.07) is 16.7. The highest BCUT2D eigenvalue weighted by molar-refractivity contribution is 7.93. The van der Waals surface area contributed by atoms with Crippen molar-refractivity contribution in [1.82, 2.24) is 4.90 Å². The Kier molecular flexibility index (Phi) is 7.80. The minimum Gasteiger partial charge on any atom is -0.323 e. The summed E-state index contributed by atoms with van der Waals surface area (Å²) >= 11 is 0. The van der Waals surface area contributed by atoms with Gasteiger partial charge in [-0.2, -0.15) is 13.2 Å². The number of likely N-dealkylation sites (tertiary alicyclic amines) is 1. The number of nitrogens with one attached hydrogen (secondary N) is 3. The Bertz CT molecular complexity index is 1560. The maximum atomic E-state index is 13.5. The number of urea groups is 2. The molecule has 2 heterocycles. The summed E-state index contributed by atoms with van der Waals surface area (Å²) < 4.78 is 67.3. The molecule has 13 heteroatoms. The summed E-state index contributed by atoms with van der Waals surface area (Å²) in [6.07, 6.45) is -2.91. The molecule has 1 unspecified atom stereocenters. The molecular weight excluding hydrogens is 559 g/mol. The second-order valence-corrected chi connectivity index (χ2v) is 12.0. The van der Waals surface area contributed by atoms with Gasteiger partial charge in [0.25, 0.3) is 0 Å². The van der Waals surface area contributed by atoms with Crippen molar-refractivity contribution in [2.75, 3.05) is 39.9 Å². The van der Waals surface area contributed by atoms with Gasteiger partial charge in [0.2, 0.25) is 10.0 Å². The summed E-state index contributed by atoms with van der Waals surface area (Å²) in [5.41, 5.74) is 1.39. The molecule has 0 bridgehead atoms. The molecular formula is C28H28F3N5O4S. The first-order valence-corrected chi connectivity index (χ1v) is 14.5. The van der Waals surface area contributed by atoms with Crippen molar-refractivity contribution >= 4 is 44.8 Å². The number of carbonyl (C=O) groups excluding carboxylic acids is 2. The van der Waals surface area contributed by atoms with Crippen LogP contribution in [0.3, 0.4) is 0 Å². The van der Waals surface area contributed by atoms with Gasteiger partial charge in [-0.25, -0.2) is 18.0 Å². The smallest absolute Gasteiger partial charge is 0.323 e. The average Bonchev–Trinajstić information content (AvgIpc) is 3.38. The summed E-state index contributed by atoms with van der Waals surface area (Å²) in [7, 11) is -3.68. The minimum absolute atomic E-state index is 0.0335. The number of benzene rings is 3. The van der Waals surface area contributed by atoms with Gasteiger partial charge in [-0.05, 0) is 67.3 Å². The molecule has 0 saturated carbocycles. The van der Waals surface area contributed by atoms with E-state index >= 15 is 0 Å². The van der Waals surface area contributed by atoms with E-state index in [0.29, 0.717) is 49.4 Å². The molecule has 5 rings (SSSR count). The van der Waals surface area contributed by atoms with E-state index in [1.807, 2.05) is 18.2 Å². The maximum Gasteiger partial charge on any atom is 0.416 e. The van der Waals surface area contributed by atoms with Crippen molar-refractivity contribution in [1.29, 1.82) is 0 Å². The third-order valence-corrected chi connectivity index (χ3v) is 9.28. The number of sulfonamides is 1. The lowest BCUT2D eigenvalue weighted by atomic mass is 10.1. The number of alkyl halides is 3. The highest BCUT2D eigenvalue weighted by Crippen LogP contribution is 2.33. The third kappa shape index (κ3) is 6.40. The predicted octanol–water partition coefficient (Wildman–Crippen LogP) is 5.74. The zero-order chi connectivity index (χ0) is 29.2. The quantitative estimate of drug-likeness (QED) is 0.354. The van der Waals surface area contributed by atoms with Crippen LogP contribution >= 0.6 is 0 Å². The van der Waals surface area contributed by atoms with Crippen LogP contribution in [-0.4, -0.2) is 50.3 Å². The summed E-state index contributed by atoms with van der Waals surface area (Å²) in [5, 5.41) is 6.89. The number of nitrogens with zero attached hydrogens (tertiary/aromatic N) is 2. The summed E-state index contributed by atoms with van der Waals surface area (Å²) in [4.78, 5) is 26.9. The van der Waals surface area contributed by atoms with E-state index in [0.717, 1.165) is 17.7 Å². The van der Waals surface area contributed by atoms with Crippen molar-refractivity contribution in [2.24, 2.45) is 0 Å². The highest BCUT2D eigenvalue weighted by atomic mass is 32.2. The van der Waals surface area contributed by atoms with Crippen molar-refractivity contribution in [3.8, 4) is 0 Å². The SMILES string of the molecule is O=C(Nc1cccc(NC(=O)N2CCCC(S(=O)(=O)N3CCc4ccccc43)C2)c1)Nc1cccc(C(F)(F)F)c1. The van der Waals surface area contributed by atoms with Crippen LogP contribution in [0, 0.1) is 0 Å². The fraction of sp³-hybridized carbons (Fsp3) is 0.286. The molecule has 3 aromatic rings. The van der Waals surface area contributed by atoms with E-state index < -0.39 is 39.1 Å². The van der Waals surface area contributed by atoms with Crippen molar-refractivity contribution in [3.05, 3.63) is 83.9 Å². The number of fused-ring (bicyclic) bond motifs is 1. The Hall–Kier alpha value is -4.26. The monoisotopic (exact) mass is 587 g/mol. The molecule has 1 atom stereocenters. The molecule has 1 saturated heterocycles. The number of amides is 4. The Morgan fingerprint density at radius 1 is 0.829 bits per heavy atom. The molecule has 216 valence electrons. The molecule has 0 radical (unpaired) electrons. The molecule has 0 aromatic heterocycles. The van der Waals surface area contributed by atoms with Gasteiger partial charge in [0.1, 0.15) is 0 Å². The molecule has 9 nitrogen and oxygen atoms in total. The van der Waals surface area contributed by atoms with Crippen LogP contribution in [0.2, 0.25) is 0 Å². The second-order valence-electron chi connectivity index (χ2n) is 9.87. The fourth-order valence-corrected chi connectivity index (χ4v) is 7.05. The zero-order valence-electron chi connectivity index (χ0n) is 21.8. The summed E-state index contributed by atoms with van der Waals surface area (Å²) in [6.45, 7) is 0.821.